The number of sulfonamides is 1. The Morgan fingerprint density at radius 2 is 1.95 bits per heavy atom. The zero-order chi connectivity index (χ0) is 15.8. The largest absolute Gasteiger partial charge is 0.329 e. The molecular formula is C13H17BrCl2N2O2S. The lowest BCUT2D eigenvalue weighted by Gasteiger charge is -2.37. The highest BCUT2D eigenvalue weighted by molar-refractivity contribution is 9.10. The Kier molecular flexibility index (Phi) is 5.60. The molecule has 1 aromatic rings. The van der Waals surface area contributed by atoms with Gasteiger partial charge < -0.3 is 5.73 Å². The number of nitrogens with zero attached hydrogens (tertiary/aromatic N) is 1. The molecule has 1 aliphatic heterocycles. The summed E-state index contributed by atoms with van der Waals surface area (Å²) < 4.78 is 27.9. The second-order valence-electron chi connectivity index (χ2n) is 5.33. The summed E-state index contributed by atoms with van der Waals surface area (Å²) in [6.45, 7) is 2.83. The molecule has 0 spiro atoms. The molecule has 118 valence electrons. The van der Waals surface area contributed by atoms with E-state index in [-0.39, 0.29) is 27.5 Å². The van der Waals surface area contributed by atoms with Crippen molar-refractivity contribution in [2.45, 2.75) is 30.7 Å². The minimum atomic E-state index is -3.76. The molecule has 1 aliphatic rings. The van der Waals surface area contributed by atoms with E-state index in [1.54, 1.807) is 0 Å². The van der Waals surface area contributed by atoms with E-state index in [1.165, 1.54) is 16.4 Å². The number of piperidine rings is 1. The minimum absolute atomic E-state index is 0.0398. The van der Waals surface area contributed by atoms with Crippen molar-refractivity contribution in [2.75, 3.05) is 13.1 Å². The Balaban J connectivity index is 2.47. The lowest BCUT2D eigenvalue weighted by Crippen LogP contribution is -2.49. The van der Waals surface area contributed by atoms with Crippen molar-refractivity contribution in [1.29, 1.82) is 0 Å². The highest BCUT2D eigenvalue weighted by atomic mass is 79.9. The molecule has 21 heavy (non-hydrogen) atoms. The van der Waals surface area contributed by atoms with E-state index in [1.807, 2.05) is 0 Å². The molecule has 2 rings (SSSR count). The molecule has 2 N–H and O–H groups in total. The first-order valence-electron chi connectivity index (χ1n) is 6.63. The van der Waals surface area contributed by atoms with Gasteiger partial charge in [-0.05, 0) is 30.9 Å². The predicted molar refractivity (Wildman–Crippen MR) is 89.3 cm³/mol. The van der Waals surface area contributed by atoms with E-state index < -0.39 is 10.0 Å². The van der Waals surface area contributed by atoms with Gasteiger partial charge in [0.2, 0.25) is 10.0 Å². The van der Waals surface area contributed by atoms with Crippen LogP contribution >= 0.6 is 39.1 Å². The van der Waals surface area contributed by atoms with E-state index in [4.69, 9.17) is 28.9 Å². The van der Waals surface area contributed by atoms with Crippen LogP contribution in [0.2, 0.25) is 10.0 Å². The summed E-state index contributed by atoms with van der Waals surface area (Å²) in [5, 5.41) is 0.229. The Bertz CT molecular complexity index is 616. The lowest BCUT2D eigenvalue weighted by molar-refractivity contribution is 0.211. The molecule has 1 saturated heterocycles. The van der Waals surface area contributed by atoms with Crippen LogP contribution in [-0.4, -0.2) is 31.9 Å². The van der Waals surface area contributed by atoms with Gasteiger partial charge in [0.05, 0.1) is 10.0 Å². The van der Waals surface area contributed by atoms with Crippen LogP contribution in [0.15, 0.2) is 21.5 Å². The van der Waals surface area contributed by atoms with Crippen molar-refractivity contribution < 1.29 is 8.42 Å². The number of nitrogens with two attached hydrogens (primary N) is 1. The lowest BCUT2D eigenvalue weighted by atomic mass is 9.94. The topological polar surface area (TPSA) is 63.4 Å². The second kappa shape index (κ2) is 6.72. The van der Waals surface area contributed by atoms with Gasteiger partial charge in [-0.3, -0.25) is 0 Å². The molecule has 0 saturated carbocycles. The minimum Gasteiger partial charge on any atom is -0.329 e. The third-order valence-corrected chi connectivity index (χ3v) is 7.06. The van der Waals surface area contributed by atoms with Gasteiger partial charge in [0.15, 0.2) is 0 Å². The molecule has 1 heterocycles. The van der Waals surface area contributed by atoms with Gasteiger partial charge in [0.25, 0.3) is 0 Å². The van der Waals surface area contributed by atoms with Crippen LogP contribution in [0.25, 0.3) is 0 Å². The predicted octanol–water partition coefficient (Wildman–Crippen LogP) is 3.50. The van der Waals surface area contributed by atoms with Crippen LogP contribution in [0.1, 0.15) is 19.8 Å². The maximum Gasteiger partial charge on any atom is 0.246 e. The maximum absolute atomic E-state index is 12.9. The summed E-state index contributed by atoms with van der Waals surface area (Å²) in [4.78, 5) is -0.0398. The highest BCUT2D eigenvalue weighted by Crippen LogP contribution is 2.37. The Hall–Kier alpha value is 0.150. The summed E-state index contributed by atoms with van der Waals surface area (Å²) >= 11 is 15.5. The van der Waals surface area contributed by atoms with Crippen molar-refractivity contribution in [2.24, 2.45) is 11.7 Å². The van der Waals surface area contributed by atoms with Gasteiger partial charge in [-0.25, -0.2) is 8.42 Å². The molecule has 0 aromatic heterocycles. The quantitative estimate of drug-likeness (QED) is 0.821. The molecule has 0 radical (unpaired) electrons. The first-order chi connectivity index (χ1) is 9.77. The Labute approximate surface area is 143 Å². The zero-order valence-electron chi connectivity index (χ0n) is 11.5. The van der Waals surface area contributed by atoms with E-state index in [2.05, 4.69) is 22.9 Å². The van der Waals surface area contributed by atoms with Crippen LogP contribution in [0.4, 0.5) is 0 Å². The van der Waals surface area contributed by atoms with E-state index in [9.17, 15) is 8.42 Å². The fraction of sp³-hybridized carbons (Fsp3) is 0.538. The van der Waals surface area contributed by atoms with E-state index in [0.717, 1.165) is 12.8 Å². The zero-order valence-corrected chi connectivity index (χ0v) is 15.4. The summed E-state index contributed by atoms with van der Waals surface area (Å²) in [6.07, 6.45) is 1.56. The van der Waals surface area contributed by atoms with Gasteiger partial charge in [-0.2, -0.15) is 4.31 Å². The van der Waals surface area contributed by atoms with Gasteiger partial charge >= 0.3 is 0 Å². The molecule has 0 bridgehead atoms. The number of hydrogen-bond donors (Lipinski definition) is 1. The van der Waals surface area contributed by atoms with Crippen LogP contribution < -0.4 is 5.73 Å². The van der Waals surface area contributed by atoms with Crippen LogP contribution in [-0.2, 0) is 10.0 Å². The fourth-order valence-corrected chi connectivity index (χ4v) is 6.20. The molecule has 2 unspecified atom stereocenters. The third-order valence-electron chi connectivity index (χ3n) is 3.73. The van der Waals surface area contributed by atoms with Crippen LogP contribution in [0.3, 0.4) is 0 Å². The molecule has 0 aliphatic carbocycles. The van der Waals surface area contributed by atoms with Gasteiger partial charge in [-0.1, -0.05) is 46.1 Å². The summed E-state index contributed by atoms with van der Waals surface area (Å²) in [6, 6.07) is 2.85. The van der Waals surface area contributed by atoms with Gasteiger partial charge in [0, 0.05) is 23.6 Å². The SMILES string of the molecule is CC1CCN(S(=O)(=O)c2c(Cl)cc(Br)cc2Cl)C(CN)C1. The van der Waals surface area contributed by atoms with Gasteiger partial charge in [-0.15, -0.1) is 0 Å². The maximum atomic E-state index is 12.9. The summed E-state index contributed by atoms with van der Waals surface area (Å²) in [5.74, 6) is 0.459. The van der Waals surface area contributed by atoms with E-state index >= 15 is 0 Å². The number of halogens is 3. The van der Waals surface area contributed by atoms with Crippen molar-refractivity contribution in [3.8, 4) is 0 Å². The monoisotopic (exact) mass is 414 g/mol. The first kappa shape index (κ1) is 17.5. The third kappa shape index (κ3) is 3.57. The summed E-state index contributed by atoms with van der Waals surface area (Å²) in [7, 11) is -3.76. The molecular weight excluding hydrogens is 399 g/mol. The van der Waals surface area contributed by atoms with E-state index in [0.29, 0.717) is 16.9 Å². The first-order valence-corrected chi connectivity index (χ1v) is 9.62. The van der Waals surface area contributed by atoms with Crippen molar-refractivity contribution >= 4 is 49.2 Å². The number of rotatable bonds is 3. The summed E-state index contributed by atoms with van der Waals surface area (Å²) in [5.41, 5.74) is 5.75. The van der Waals surface area contributed by atoms with Crippen molar-refractivity contribution in [3.63, 3.8) is 0 Å². The molecule has 8 heteroatoms. The number of hydrogen-bond acceptors (Lipinski definition) is 3. The Morgan fingerprint density at radius 1 is 1.38 bits per heavy atom. The molecule has 1 fully saturated rings. The van der Waals surface area contributed by atoms with Crippen LogP contribution in [0, 0.1) is 5.92 Å². The average molecular weight is 416 g/mol. The molecule has 0 amide bonds. The molecule has 1 aromatic carbocycles. The smallest absolute Gasteiger partial charge is 0.246 e. The normalized spacial score (nSPS) is 24.2. The standard InChI is InChI=1S/C13H17BrCl2N2O2S/c1-8-2-3-18(10(4-8)7-17)21(19,20)13-11(15)5-9(14)6-12(13)16/h5-6,8,10H,2-4,7,17H2,1H3. The molecule has 2 atom stereocenters. The fourth-order valence-electron chi connectivity index (χ4n) is 2.65. The van der Waals surface area contributed by atoms with Crippen molar-refractivity contribution in [3.05, 3.63) is 26.7 Å². The van der Waals surface area contributed by atoms with Crippen LogP contribution in [0.5, 0.6) is 0 Å². The Morgan fingerprint density at radius 3 is 2.48 bits per heavy atom. The van der Waals surface area contributed by atoms with Crippen molar-refractivity contribution in [1.82, 2.24) is 4.31 Å². The molecule has 4 nitrogen and oxygen atoms in total. The average Bonchev–Trinajstić information content (AvgIpc) is 2.36. The van der Waals surface area contributed by atoms with Gasteiger partial charge in [0.1, 0.15) is 4.90 Å². The second-order valence-corrected chi connectivity index (χ2v) is 8.89. The number of benzene rings is 1. The highest BCUT2D eigenvalue weighted by Gasteiger charge is 2.37.